The lowest BCUT2D eigenvalue weighted by Crippen LogP contribution is -2.54. The van der Waals surface area contributed by atoms with Gasteiger partial charge in [-0.1, -0.05) is 102 Å². The second kappa shape index (κ2) is 12.3. The second-order valence-corrected chi connectivity index (χ2v) is 13.8. The topological polar surface area (TPSA) is 32.3 Å². The van der Waals surface area contributed by atoms with Crippen LogP contribution in [0.2, 0.25) is 0 Å². The molecule has 0 unspecified atom stereocenters. The van der Waals surface area contributed by atoms with Crippen LogP contribution in [0.4, 0.5) is 11.4 Å². The van der Waals surface area contributed by atoms with E-state index in [1.165, 1.54) is 78.3 Å². The fourth-order valence-corrected chi connectivity index (χ4v) is 8.64. The average molecular weight is 651 g/mol. The number of rotatable bonds is 5. The third kappa shape index (κ3) is 4.89. The van der Waals surface area contributed by atoms with Gasteiger partial charge in [0.05, 0.1) is 17.9 Å². The zero-order chi connectivity index (χ0) is 34.6. The molecular formula is C46H42N4. The van der Waals surface area contributed by atoms with Crippen LogP contribution >= 0.6 is 0 Å². The monoisotopic (exact) mass is 650 g/mol. The number of hydrogen-bond donors (Lipinski definition) is 0. The van der Waals surface area contributed by atoms with Crippen LogP contribution in [-0.4, -0.2) is 16.5 Å². The van der Waals surface area contributed by atoms with E-state index < -0.39 is 5.66 Å². The number of anilines is 2. The van der Waals surface area contributed by atoms with Crippen LogP contribution in [0.15, 0.2) is 139 Å². The molecule has 4 nitrogen and oxygen atoms in total. The number of allylic oxidation sites excluding steroid dienone is 2. The van der Waals surface area contributed by atoms with Crippen molar-refractivity contribution in [2.45, 2.75) is 47.2 Å². The van der Waals surface area contributed by atoms with Gasteiger partial charge in [-0.05, 0) is 116 Å². The predicted molar refractivity (Wildman–Crippen MR) is 207 cm³/mol. The van der Waals surface area contributed by atoms with Crippen molar-refractivity contribution in [2.24, 2.45) is 0 Å². The predicted octanol–water partition coefficient (Wildman–Crippen LogP) is 10.4. The molecule has 0 spiro atoms. The number of benzene rings is 4. The summed E-state index contributed by atoms with van der Waals surface area (Å²) in [5.74, 6) is 0. The molecule has 1 fully saturated rings. The fourth-order valence-electron chi connectivity index (χ4n) is 8.64. The lowest BCUT2D eigenvalue weighted by atomic mass is 9.91. The molecule has 246 valence electrons. The molecule has 0 amide bonds. The van der Waals surface area contributed by atoms with Gasteiger partial charge in [0.25, 0.3) is 0 Å². The zero-order valence-electron chi connectivity index (χ0n) is 29.7. The highest BCUT2D eigenvalue weighted by Crippen LogP contribution is 2.55. The maximum Gasteiger partial charge on any atom is 0.205 e. The molecule has 4 aromatic carbocycles. The Morgan fingerprint density at radius 2 is 1.04 bits per heavy atom. The molecule has 0 N–H and O–H groups in total. The van der Waals surface area contributed by atoms with Crippen molar-refractivity contribution in [3.8, 4) is 0 Å². The lowest BCUT2D eigenvalue weighted by Gasteiger charge is -2.46. The van der Waals surface area contributed by atoms with E-state index >= 15 is 0 Å². The first-order valence-corrected chi connectivity index (χ1v) is 17.5. The van der Waals surface area contributed by atoms with Gasteiger partial charge in [-0.15, -0.1) is 0 Å². The van der Waals surface area contributed by atoms with Crippen molar-refractivity contribution in [3.63, 3.8) is 0 Å². The number of nitrogens with zero attached hydrogens (tertiary/aromatic N) is 4. The molecule has 2 aliphatic rings. The van der Waals surface area contributed by atoms with Crippen LogP contribution in [-0.2, 0) is 5.66 Å². The Labute approximate surface area is 296 Å². The van der Waals surface area contributed by atoms with Gasteiger partial charge < -0.3 is 9.80 Å². The Hall–Kier alpha value is -5.74. The first-order valence-electron chi connectivity index (χ1n) is 17.5. The minimum Gasteiger partial charge on any atom is -0.332 e. The van der Waals surface area contributed by atoms with Crippen LogP contribution in [0, 0.1) is 41.5 Å². The first-order chi connectivity index (χ1) is 24.3. The summed E-state index contributed by atoms with van der Waals surface area (Å²) < 4.78 is 0. The van der Waals surface area contributed by atoms with Crippen LogP contribution in [0.3, 0.4) is 0 Å². The highest BCUT2D eigenvalue weighted by molar-refractivity contribution is 6.03. The standard InChI is InChI=1S/C46H42N4/c1-30-24-32(3)44(33(4)25-30)49-29-41(40-28-39(36-16-8-7-9-17-36)37-18-10-11-19-38(37)40)50(45-34(5)26-31(2)27-35(45)6)46(49,42-20-12-14-22-47-42)43-21-13-15-23-48-43/h7-28H,29H2,1-6H3. The molecule has 0 saturated carbocycles. The van der Waals surface area contributed by atoms with E-state index in [1.54, 1.807) is 0 Å². The maximum atomic E-state index is 5.22. The summed E-state index contributed by atoms with van der Waals surface area (Å²) in [5.41, 5.74) is 18.1. The third-order valence-corrected chi connectivity index (χ3v) is 10.3. The number of hydrogen-bond acceptors (Lipinski definition) is 4. The lowest BCUT2D eigenvalue weighted by molar-refractivity contribution is 0.509. The summed E-state index contributed by atoms with van der Waals surface area (Å²) in [7, 11) is 0. The SMILES string of the molecule is Cc1cc(C)c(N2CC(=C3C=C(c4ccccc4)c4ccccc43)N(c3c(C)cc(C)cc3C)C2(c2ccccn2)c2ccccn2)c(C)c1. The Bertz CT molecular complexity index is 2220. The maximum absolute atomic E-state index is 5.22. The van der Waals surface area contributed by atoms with Crippen LogP contribution in [0.1, 0.15) is 61.5 Å². The molecule has 0 atom stereocenters. The molecule has 1 aliphatic heterocycles. The zero-order valence-corrected chi connectivity index (χ0v) is 29.7. The number of aryl methyl sites for hydroxylation is 6. The van der Waals surface area contributed by atoms with Gasteiger partial charge in [-0.2, -0.15) is 0 Å². The van der Waals surface area contributed by atoms with Gasteiger partial charge in [0.1, 0.15) is 0 Å². The van der Waals surface area contributed by atoms with Gasteiger partial charge in [0, 0.05) is 35.0 Å². The smallest absolute Gasteiger partial charge is 0.205 e. The van der Waals surface area contributed by atoms with Crippen molar-refractivity contribution >= 4 is 22.5 Å². The van der Waals surface area contributed by atoms with Gasteiger partial charge in [0.2, 0.25) is 5.66 Å². The summed E-state index contributed by atoms with van der Waals surface area (Å²) in [6.45, 7) is 14.0. The molecule has 4 heteroatoms. The average Bonchev–Trinajstić information content (AvgIpc) is 3.66. The Kier molecular flexibility index (Phi) is 7.75. The minimum atomic E-state index is -0.918. The number of fused-ring (bicyclic) bond motifs is 1. The van der Waals surface area contributed by atoms with Gasteiger partial charge in [-0.25, -0.2) is 0 Å². The Morgan fingerprint density at radius 3 is 1.58 bits per heavy atom. The van der Waals surface area contributed by atoms with E-state index in [4.69, 9.17) is 9.97 Å². The third-order valence-electron chi connectivity index (χ3n) is 10.3. The second-order valence-electron chi connectivity index (χ2n) is 13.8. The molecule has 3 heterocycles. The summed E-state index contributed by atoms with van der Waals surface area (Å²) in [6, 6.07) is 41.5. The molecule has 0 bridgehead atoms. The molecule has 8 rings (SSSR count). The Balaban J connectivity index is 1.57. The fraction of sp³-hybridized carbons (Fsp3) is 0.174. The summed E-state index contributed by atoms with van der Waals surface area (Å²) in [4.78, 5) is 15.6. The molecule has 1 aliphatic carbocycles. The largest absolute Gasteiger partial charge is 0.332 e. The van der Waals surface area contributed by atoms with E-state index in [2.05, 4.69) is 161 Å². The molecule has 6 aromatic rings. The Morgan fingerprint density at radius 1 is 0.540 bits per heavy atom. The van der Waals surface area contributed by atoms with E-state index in [0.717, 1.165) is 11.4 Å². The summed E-state index contributed by atoms with van der Waals surface area (Å²) in [6.07, 6.45) is 6.26. The van der Waals surface area contributed by atoms with E-state index in [0.29, 0.717) is 6.54 Å². The molecular weight excluding hydrogens is 609 g/mol. The normalized spacial score (nSPS) is 16.5. The number of aromatic nitrogens is 2. The van der Waals surface area contributed by atoms with Crippen molar-refractivity contribution in [1.29, 1.82) is 0 Å². The molecule has 2 aromatic heterocycles. The van der Waals surface area contributed by atoms with Crippen molar-refractivity contribution in [1.82, 2.24) is 9.97 Å². The molecule has 0 radical (unpaired) electrons. The highest BCUT2D eigenvalue weighted by atomic mass is 15.5. The van der Waals surface area contributed by atoms with Crippen LogP contribution in [0.25, 0.3) is 11.1 Å². The molecule has 50 heavy (non-hydrogen) atoms. The van der Waals surface area contributed by atoms with E-state index in [9.17, 15) is 0 Å². The van der Waals surface area contributed by atoms with Crippen LogP contribution in [0.5, 0.6) is 0 Å². The van der Waals surface area contributed by atoms with E-state index in [-0.39, 0.29) is 0 Å². The minimum absolute atomic E-state index is 0.646. The summed E-state index contributed by atoms with van der Waals surface area (Å²) >= 11 is 0. The highest BCUT2D eigenvalue weighted by Gasteiger charge is 2.57. The molecule has 1 saturated heterocycles. The van der Waals surface area contributed by atoms with Gasteiger partial charge >= 0.3 is 0 Å². The summed E-state index contributed by atoms with van der Waals surface area (Å²) in [5, 5.41) is 0. The number of pyridine rings is 2. The van der Waals surface area contributed by atoms with E-state index in [1.807, 2.05) is 24.5 Å². The first kappa shape index (κ1) is 31.5. The van der Waals surface area contributed by atoms with Gasteiger partial charge in [0.15, 0.2) is 0 Å². The van der Waals surface area contributed by atoms with Crippen molar-refractivity contribution in [2.75, 3.05) is 16.3 Å². The van der Waals surface area contributed by atoms with Crippen LogP contribution < -0.4 is 9.80 Å². The van der Waals surface area contributed by atoms with Gasteiger partial charge in [-0.3, -0.25) is 9.97 Å². The van der Waals surface area contributed by atoms with Crippen molar-refractivity contribution < 1.29 is 0 Å². The van der Waals surface area contributed by atoms with Crippen molar-refractivity contribution in [3.05, 3.63) is 201 Å². The quantitative estimate of drug-likeness (QED) is 0.186.